The van der Waals surface area contributed by atoms with Gasteiger partial charge in [-0.25, -0.2) is 0 Å². The van der Waals surface area contributed by atoms with Crippen molar-refractivity contribution in [3.63, 3.8) is 0 Å². The summed E-state index contributed by atoms with van der Waals surface area (Å²) >= 11 is 0. The molecule has 0 aliphatic heterocycles. The number of carbonyl (C=O) groups excluding carboxylic acids is 1. The Bertz CT molecular complexity index is 888. The fourth-order valence-corrected chi connectivity index (χ4v) is 2.87. The normalized spacial score (nSPS) is 11.5. The molecule has 1 aromatic heterocycles. The minimum absolute atomic E-state index is 0.278. The van der Waals surface area contributed by atoms with Crippen LogP contribution in [0.3, 0.4) is 0 Å². The highest BCUT2D eigenvalue weighted by Crippen LogP contribution is 2.38. The van der Waals surface area contributed by atoms with E-state index in [2.05, 4.69) is 15.5 Å². The van der Waals surface area contributed by atoms with E-state index in [1.54, 1.807) is 24.5 Å². The van der Waals surface area contributed by atoms with Gasteiger partial charge in [0.1, 0.15) is 0 Å². The van der Waals surface area contributed by atoms with Crippen LogP contribution in [0.1, 0.15) is 22.0 Å². The largest absolute Gasteiger partial charge is 0.493 e. The van der Waals surface area contributed by atoms with Gasteiger partial charge in [0.05, 0.1) is 46.3 Å². The quantitative estimate of drug-likeness (QED) is 0.644. The molecule has 0 fully saturated rings. The van der Waals surface area contributed by atoms with E-state index in [4.69, 9.17) is 14.2 Å². The van der Waals surface area contributed by atoms with Crippen LogP contribution in [0.25, 0.3) is 0 Å². The summed E-state index contributed by atoms with van der Waals surface area (Å²) in [7, 11) is 4.53. The molecular weight excluding hydrogens is 360 g/mol. The van der Waals surface area contributed by atoms with E-state index >= 15 is 0 Å². The van der Waals surface area contributed by atoms with Crippen molar-refractivity contribution >= 4 is 5.91 Å². The molecule has 0 spiro atoms. The van der Waals surface area contributed by atoms with Crippen LogP contribution < -0.4 is 19.5 Å². The molecule has 0 bridgehead atoms. The second kappa shape index (κ2) is 8.90. The van der Waals surface area contributed by atoms with Gasteiger partial charge in [-0.05, 0) is 17.7 Å². The van der Waals surface area contributed by atoms with Gasteiger partial charge in [0.15, 0.2) is 11.5 Å². The lowest BCUT2D eigenvalue weighted by atomic mass is 10.1. The first kappa shape index (κ1) is 19.2. The van der Waals surface area contributed by atoms with Gasteiger partial charge in [0.25, 0.3) is 5.91 Å². The number of rotatable bonds is 8. The highest BCUT2D eigenvalue weighted by atomic mass is 16.5. The molecule has 1 heterocycles. The van der Waals surface area contributed by atoms with Crippen LogP contribution in [-0.4, -0.2) is 42.2 Å². The average molecular weight is 382 g/mol. The predicted molar refractivity (Wildman–Crippen MR) is 103 cm³/mol. The lowest BCUT2D eigenvalue weighted by molar-refractivity contribution is 0.0930. The zero-order valence-corrected chi connectivity index (χ0v) is 16.0. The number of hydrogen-bond acceptors (Lipinski definition) is 6. The summed E-state index contributed by atoms with van der Waals surface area (Å²) in [5, 5.41) is 11.3. The van der Waals surface area contributed by atoms with E-state index < -0.39 is 0 Å². The third kappa shape index (κ3) is 4.22. The summed E-state index contributed by atoms with van der Waals surface area (Å²) in [5.41, 5.74) is 1.34. The van der Waals surface area contributed by atoms with Crippen LogP contribution in [0.4, 0.5) is 0 Å². The van der Waals surface area contributed by atoms with Gasteiger partial charge in [0, 0.05) is 5.56 Å². The van der Waals surface area contributed by atoms with Crippen LogP contribution >= 0.6 is 0 Å². The van der Waals surface area contributed by atoms with Crippen LogP contribution in [0.2, 0.25) is 0 Å². The SMILES string of the molecule is COc1cc(C(=O)NC(Cn2nccn2)c2ccccc2)cc(OC)c1OC. The van der Waals surface area contributed by atoms with Crippen LogP contribution in [-0.2, 0) is 6.54 Å². The number of amides is 1. The zero-order valence-electron chi connectivity index (χ0n) is 16.0. The Balaban J connectivity index is 1.89. The topological polar surface area (TPSA) is 87.5 Å². The van der Waals surface area contributed by atoms with Gasteiger partial charge < -0.3 is 19.5 Å². The lowest BCUT2D eigenvalue weighted by Gasteiger charge is -2.20. The van der Waals surface area contributed by atoms with E-state index in [0.717, 1.165) is 5.56 Å². The number of ether oxygens (including phenoxy) is 3. The van der Waals surface area contributed by atoms with Crippen molar-refractivity contribution in [2.45, 2.75) is 12.6 Å². The highest BCUT2D eigenvalue weighted by Gasteiger charge is 2.21. The monoisotopic (exact) mass is 382 g/mol. The molecule has 3 aromatic rings. The molecule has 2 aromatic carbocycles. The van der Waals surface area contributed by atoms with Gasteiger partial charge in [0.2, 0.25) is 5.75 Å². The number of hydrogen-bond donors (Lipinski definition) is 1. The maximum Gasteiger partial charge on any atom is 0.252 e. The molecule has 0 aliphatic carbocycles. The molecule has 3 rings (SSSR count). The third-order valence-corrected chi connectivity index (χ3v) is 4.25. The molecule has 1 unspecified atom stereocenters. The standard InChI is InChI=1S/C20H22N4O4/c1-26-17-11-15(12-18(27-2)19(17)28-3)20(25)23-16(13-24-21-9-10-22-24)14-7-5-4-6-8-14/h4-12,16H,13H2,1-3H3,(H,23,25). The average Bonchev–Trinajstić information content (AvgIpc) is 3.25. The van der Waals surface area contributed by atoms with Crippen LogP contribution in [0.5, 0.6) is 17.2 Å². The molecular formula is C20H22N4O4. The lowest BCUT2D eigenvalue weighted by Crippen LogP contribution is -2.32. The Morgan fingerprint density at radius 3 is 2.14 bits per heavy atom. The summed E-state index contributed by atoms with van der Waals surface area (Å²) in [6.45, 7) is 0.396. The Kier molecular flexibility index (Phi) is 6.11. The zero-order chi connectivity index (χ0) is 19.9. The van der Waals surface area contributed by atoms with E-state index in [1.807, 2.05) is 30.3 Å². The number of carbonyl (C=O) groups is 1. The molecule has 8 heteroatoms. The van der Waals surface area contributed by atoms with E-state index in [1.165, 1.54) is 26.1 Å². The van der Waals surface area contributed by atoms with E-state index in [9.17, 15) is 4.79 Å². The Labute approximate surface area is 163 Å². The first-order valence-corrected chi connectivity index (χ1v) is 8.66. The summed E-state index contributed by atoms with van der Waals surface area (Å²) in [6, 6.07) is 12.6. The first-order valence-electron chi connectivity index (χ1n) is 8.66. The van der Waals surface area contributed by atoms with Gasteiger partial charge in [-0.3, -0.25) is 4.79 Å². The second-order valence-corrected chi connectivity index (χ2v) is 5.93. The minimum Gasteiger partial charge on any atom is -0.493 e. The summed E-state index contributed by atoms with van der Waals surface area (Å²) in [6.07, 6.45) is 3.20. The van der Waals surface area contributed by atoms with Crippen molar-refractivity contribution < 1.29 is 19.0 Å². The molecule has 0 saturated carbocycles. The number of nitrogens with zero attached hydrogens (tertiary/aromatic N) is 3. The van der Waals surface area contributed by atoms with Gasteiger partial charge in [-0.2, -0.15) is 15.0 Å². The third-order valence-electron chi connectivity index (χ3n) is 4.25. The van der Waals surface area contributed by atoms with Crippen molar-refractivity contribution in [2.24, 2.45) is 0 Å². The smallest absolute Gasteiger partial charge is 0.252 e. The Morgan fingerprint density at radius 2 is 1.61 bits per heavy atom. The van der Waals surface area contributed by atoms with Gasteiger partial charge in [-0.1, -0.05) is 30.3 Å². The van der Waals surface area contributed by atoms with Crippen molar-refractivity contribution in [2.75, 3.05) is 21.3 Å². The Hall–Kier alpha value is -3.55. The molecule has 0 aliphatic rings. The van der Waals surface area contributed by atoms with Crippen molar-refractivity contribution in [3.8, 4) is 17.2 Å². The maximum absolute atomic E-state index is 13.0. The second-order valence-electron chi connectivity index (χ2n) is 5.93. The molecule has 1 amide bonds. The fraction of sp³-hybridized carbons (Fsp3) is 0.250. The fourth-order valence-electron chi connectivity index (χ4n) is 2.87. The van der Waals surface area contributed by atoms with Gasteiger partial charge in [-0.15, -0.1) is 0 Å². The molecule has 1 atom stereocenters. The van der Waals surface area contributed by atoms with E-state index in [0.29, 0.717) is 29.4 Å². The van der Waals surface area contributed by atoms with Crippen molar-refractivity contribution in [1.29, 1.82) is 0 Å². The minimum atomic E-state index is -0.319. The first-order chi connectivity index (χ1) is 13.7. The molecule has 0 radical (unpaired) electrons. The summed E-state index contributed by atoms with van der Waals surface area (Å²) < 4.78 is 16.0. The summed E-state index contributed by atoms with van der Waals surface area (Å²) in [5.74, 6) is 0.983. The number of nitrogens with one attached hydrogen (secondary N) is 1. The van der Waals surface area contributed by atoms with Crippen LogP contribution in [0, 0.1) is 0 Å². The van der Waals surface area contributed by atoms with Crippen molar-refractivity contribution in [3.05, 3.63) is 66.0 Å². The molecule has 146 valence electrons. The molecule has 0 saturated heterocycles. The highest BCUT2D eigenvalue weighted by molar-refractivity contribution is 5.95. The molecule has 28 heavy (non-hydrogen) atoms. The molecule has 8 nitrogen and oxygen atoms in total. The number of aromatic nitrogens is 3. The number of methoxy groups -OCH3 is 3. The predicted octanol–water partition coefficient (Wildman–Crippen LogP) is 2.48. The summed E-state index contributed by atoms with van der Waals surface area (Å²) in [4.78, 5) is 14.5. The van der Waals surface area contributed by atoms with Crippen LogP contribution in [0.15, 0.2) is 54.9 Å². The van der Waals surface area contributed by atoms with Gasteiger partial charge >= 0.3 is 0 Å². The maximum atomic E-state index is 13.0. The molecule has 1 N–H and O–H groups in total. The van der Waals surface area contributed by atoms with Crippen molar-refractivity contribution in [1.82, 2.24) is 20.3 Å². The van der Waals surface area contributed by atoms with E-state index in [-0.39, 0.29) is 11.9 Å². The number of benzene rings is 2. The Morgan fingerprint density at radius 1 is 1.00 bits per heavy atom.